The van der Waals surface area contributed by atoms with Gasteiger partial charge in [0, 0.05) is 6.42 Å². The van der Waals surface area contributed by atoms with Crippen LogP contribution >= 0.6 is 0 Å². The molecule has 0 radical (unpaired) electrons. The first-order valence-corrected chi connectivity index (χ1v) is 7.89. The van der Waals surface area contributed by atoms with Crippen LogP contribution in [0.5, 0.6) is 0 Å². The fourth-order valence-electron chi connectivity index (χ4n) is 2.66. The topological polar surface area (TPSA) is 55.1 Å². The van der Waals surface area contributed by atoms with Crippen molar-refractivity contribution in [3.8, 4) is 0 Å². The Morgan fingerprint density at radius 2 is 1.81 bits per heavy atom. The van der Waals surface area contributed by atoms with Crippen LogP contribution in [0.1, 0.15) is 58.6 Å². The van der Waals surface area contributed by atoms with E-state index in [4.69, 9.17) is 5.73 Å². The van der Waals surface area contributed by atoms with Crippen molar-refractivity contribution in [3.63, 3.8) is 0 Å². The van der Waals surface area contributed by atoms with Gasteiger partial charge in [0.05, 0.1) is 6.04 Å². The molecule has 0 bridgehead atoms. The summed E-state index contributed by atoms with van der Waals surface area (Å²) in [7, 11) is 0. The quantitative estimate of drug-likeness (QED) is 0.805. The van der Waals surface area contributed by atoms with E-state index in [-0.39, 0.29) is 17.4 Å². The molecule has 118 valence electrons. The molecule has 0 aliphatic carbocycles. The van der Waals surface area contributed by atoms with Crippen molar-refractivity contribution in [2.75, 3.05) is 6.54 Å². The lowest BCUT2D eigenvalue weighted by molar-refractivity contribution is -0.122. The van der Waals surface area contributed by atoms with Crippen molar-refractivity contribution in [3.05, 3.63) is 35.9 Å². The van der Waals surface area contributed by atoms with Gasteiger partial charge in [-0.15, -0.1) is 0 Å². The number of benzene rings is 1. The predicted octanol–water partition coefficient (Wildman–Crippen LogP) is 3.66. The van der Waals surface area contributed by atoms with Gasteiger partial charge in [-0.25, -0.2) is 0 Å². The summed E-state index contributed by atoms with van der Waals surface area (Å²) in [4.78, 5) is 12.1. The number of nitrogens with one attached hydrogen (secondary N) is 1. The van der Waals surface area contributed by atoms with Crippen LogP contribution in [0, 0.1) is 11.3 Å². The first kappa shape index (κ1) is 17.7. The summed E-state index contributed by atoms with van der Waals surface area (Å²) >= 11 is 0. The highest BCUT2D eigenvalue weighted by Gasteiger charge is 2.24. The average Bonchev–Trinajstić information content (AvgIpc) is 2.43. The minimum atomic E-state index is 0.0568. The van der Waals surface area contributed by atoms with Crippen LogP contribution in [0.4, 0.5) is 0 Å². The van der Waals surface area contributed by atoms with Gasteiger partial charge < -0.3 is 11.1 Å². The molecule has 1 unspecified atom stereocenters. The second kappa shape index (κ2) is 8.18. The third-order valence-corrected chi connectivity index (χ3v) is 4.14. The molecule has 3 nitrogen and oxygen atoms in total. The molecule has 3 heteroatoms. The van der Waals surface area contributed by atoms with Crippen LogP contribution in [-0.4, -0.2) is 12.5 Å². The molecule has 0 saturated carbocycles. The van der Waals surface area contributed by atoms with E-state index in [2.05, 4.69) is 26.1 Å². The van der Waals surface area contributed by atoms with Gasteiger partial charge in [0.25, 0.3) is 0 Å². The second-order valence-electron chi connectivity index (χ2n) is 6.88. The third kappa shape index (κ3) is 6.30. The molecule has 21 heavy (non-hydrogen) atoms. The van der Waals surface area contributed by atoms with Crippen molar-refractivity contribution < 1.29 is 4.79 Å². The van der Waals surface area contributed by atoms with E-state index in [0.717, 1.165) is 18.4 Å². The zero-order valence-electron chi connectivity index (χ0n) is 13.9. The molecule has 0 heterocycles. The molecule has 1 amide bonds. The van der Waals surface area contributed by atoms with Gasteiger partial charge in [-0.3, -0.25) is 4.79 Å². The number of hydrogen-bond acceptors (Lipinski definition) is 2. The fourth-order valence-corrected chi connectivity index (χ4v) is 2.66. The van der Waals surface area contributed by atoms with Crippen LogP contribution in [0.2, 0.25) is 0 Å². The lowest BCUT2D eigenvalue weighted by atomic mass is 9.76. The predicted molar refractivity (Wildman–Crippen MR) is 88.9 cm³/mol. The number of carbonyl (C=O) groups is 1. The molecule has 3 N–H and O–H groups in total. The molecule has 0 fully saturated rings. The van der Waals surface area contributed by atoms with Crippen LogP contribution in [0.3, 0.4) is 0 Å². The molecule has 0 spiro atoms. The summed E-state index contributed by atoms with van der Waals surface area (Å²) in [5.41, 5.74) is 7.03. The van der Waals surface area contributed by atoms with Crippen molar-refractivity contribution in [1.82, 2.24) is 5.32 Å². The van der Waals surface area contributed by atoms with E-state index in [1.807, 2.05) is 37.3 Å². The minimum absolute atomic E-state index is 0.0568. The maximum Gasteiger partial charge on any atom is 0.220 e. The maximum atomic E-state index is 12.1. The van der Waals surface area contributed by atoms with Crippen molar-refractivity contribution in [2.24, 2.45) is 17.1 Å². The summed E-state index contributed by atoms with van der Waals surface area (Å²) < 4.78 is 0. The van der Waals surface area contributed by atoms with E-state index < -0.39 is 0 Å². The molecule has 0 aromatic heterocycles. The minimum Gasteiger partial charge on any atom is -0.350 e. The number of rotatable bonds is 7. The Morgan fingerprint density at radius 3 is 2.33 bits per heavy atom. The number of nitrogens with two attached hydrogens (primary N) is 1. The Morgan fingerprint density at radius 1 is 1.19 bits per heavy atom. The molecular weight excluding hydrogens is 260 g/mol. The first-order chi connectivity index (χ1) is 9.84. The largest absolute Gasteiger partial charge is 0.350 e. The highest BCUT2D eigenvalue weighted by atomic mass is 16.1. The summed E-state index contributed by atoms with van der Waals surface area (Å²) in [6.45, 7) is 9.37. The molecule has 2 atom stereocenters. The van der Waals surface area contributed by atoms with Crippen LogP contribution in [0.15, 0.2) is 30.3 Å². The van der Waals surface area contributed by atoms with Gasteiger partial charge in [-0.05, 0) is 43.2 Å². The lowest BCUT2D eigenvalue weighted by Gasteiger charge is -2.30. The molecule has 0 aliphatic rings. The van der Waals surface area contributed by atoms with Crippen LogP contribution < -0.4 is 11.1 Å². The van der Waals surface area contributed by atoms with E-state index in [1.165, 1.54) is 0 Å². The Hall–Kier alpha value is -1.35. The summed E-state index contributed by atoms with van der Waals surface area (Å²) in [5.74, 6) is 0.609. The van der Waals surface area contributed by atoms with Gasteiger partial charge in [0.1, 0.15) is 0 Å². The summed E-state index contributed by atoms with van der Waals surface area (Å²) in [6.07, 6.45) is 2.44. The SMILES string of the molecule is C[C@H](NC(=O)CCC(CCN)C(C)(C)C)c1ccccc1. The Labute approximate surface area is 129 Å². The van der Waals surface area contributed by atoms with Gasteiger partial charge in [0.2, 0.25) is 5.91 Å². The fraction of sp³-hybridized carbons (Fsp3) is 0.611. The van der Waals surface area contributed by atoms with E-state index in [1.54, 1.807) is 0 Å². The average molecular weight is 290 g/mol. The van der Waals surface area contributed by atoms with Crippen molar-refractivity contribution >= 4 is 5.91 Å². The highest BCUT2D eigenvalue weighted by Crippen LogP contribution is 2.32. The van der Waals surface area contributed by atoms with Crippen molar-refractivity contribution in [1.29, 1.82) is 0 Å². The highest BCUT2D eigenvalue weighted by molar-refractivity contribution is 5.76. The van der Waals surface area contributed by atoms with Gasteiger partial charge in [-0.1, -0.05) is 51.1 Å². The molecule has 1 aromatic carbocycles. The third-order valence-electron chi connectivity index (χ3n) is 4.14. The number of amides is 1. The Kier molecular flexibility index (Phi) is 6.90. The molecular formula is C18H30N2O. The zero-order chi connectivity index (χ0) is 15.9. The number of carbonyl (C=O) groups excluding carboxylic acids is 1. The summed E-state index contributed by atoms with van der Waals surface area (Å²) in [5, 5.41) is 3.07. The maximum absolute atomic E-state index is 12.1. The summed E-state index contributed by atoms with van der Waals surface area (Å²) in [6, 6.07) is 10.1. The monoisotopic (exact) mass is 290 g/mol. The van der Waals surface area contributed by atoms with Crippen LogP contribution in [-0.2, 0) is 4.79 Å². The molecule has 1 aromatic rings. The molecule has 1 rings (SSSR count). The normalized spacial score (nSPS) is 14.5. The molecule has 0 aliphatic heterocycles. The van der Waals surface area contributed by atoms with Gasteiger partial charge in [0.15, 0.2) is 0 Å². The zero-order valence-corrected chi connectivity index (χ0v) is 13.9. The Balaban J connectivity index is 2.46. The first-order valence-electron chi connectivity index (χ1n) is 7.89. The lowest BCUT2D eigenvalue weighted by Crippen LogP contribution is -2.29. The Bertz CT molecular complexity index is 423. The number of hydrogen-bond donors (Lipinski definition) is 2. The molecule has 0 saturated heterocycles. The van der Waals surface area contributed by atoms with Gasteiger partial charge in [-0.2, -0.15) is 0 Å². The van der Waals surface area contributed by atoms with Crippen LogP contribution in [0.25, 0.3) is 0 Å². The van der Waals surface area contributed by atoms with E-state index in [0.29, 0.717) is 18.9 Å². The van der Waals surface area contributed by atoms with E-state index in [9.17, 15) is 4.79 Å². The smallest absolute Gasteiger partial charge is 0.220 e. The standard InChI is InChI=1S/C18H30N2O/c1-14(15-8-6-5-7-9-15)20-17(21)11-10-16(12-13-19)18(2,3)4/h5-9,14,16H,10-13,19H2,1-4H3,(H,20,21)/t14-,16?/m0/s1. The van der Waals surface area contributed by atoms with Crippen molar-refractivity contribution in [2.45, 2.75) is 53.0 Å². The second-order valence-corrected chi connectivity index (χ2v) is 6.88. The van der Waals surface area contributed by atoms with E-state index >= 15 is 0 Å². The van der Waals surface area contributed by atoms with Gasteiger partial charge >= 0.3 is 0 Å².